The van der Waals surface area contributed by atoms with E-state index in [0.717, 1.165) is 40.7 Å². The molecule has 0 aliphatic carbocycles. The van der Waals surface area contributed by atoms with E-state index >= 15 is 0 Å². The first kappa shape index (κ1) is 15.4. The molecule has 0 radical (unpaired) electrons. The van der Waals surface area contributed by atoms with Crippen LogP contribution in [-0.4, -0.2) is 16.4 Å². The number of hydrogen-bond acceptors (Lipinski definition) is 2. The fourth-order valence-corrected chi connectivity index (χ4v) is 4.65. The minimum absolute atomic E-state index is 0.0575. The van der Waals surface area contributed by atoms with E-state index in [-0.39, 0.29) is 11.8 Å². The van der Waals surface area contributed by atoms with Gasteiger partial charge in [-0.15, -0.1) is 0 Å². The number of carbonyl (C=O) groups is 2. The van der Waals surface area contributed by atoms with Gasteiger partial charge in [-0.05, 0) is 57.0 Å². The first-order chi connectivity index (χ1) is 12.5. The number of fused-ring (bicyclic) bond motifs is 7. The average molecular weight is 344 g/mol. The Hall–Kier alpha value is -2.88. The Labute approximate surface area is 152 Å². The highest BCUT2D eigenvalue weighted by molar-refractivity contribution is 6.11. The number of rotatable bonds is 0. The lowest BCUT2D eigenvalue weighted by atomic mass is 9.84. The second kappa shape index (κ2) is 5.07. The minimum Gasteiger partial charge on any atom is -0.300 e. The monoisotopic (exact) mass is 344 g/mol. The molecule has 3 aromatic rings. The maximum absolute atomic E-state index is 13.5. The van der Waals surface area contributed by atoms with E-state index in [1.54, 1.807) is 0 Å². The molecule has 0 saturated carbocycles. The molecule has 0 spiro atoms. The Morgan fingerprint density at radius 1 is 1.04 bits per heavy atom. The first-order valence-electron chi connectivity index (χ1n) is 9.10. The van der Waals surface area contributed by atoms with Crippen molar-refractivity contribution in [2.24, 2.45) is 0 Å². The van der Waals surface area contributed by atoms with Crippen LogP contribution in [0.25, 0.3) is 10.9 Å². The summed E-state index contributed by atoms with van der Waals surface area (Å²) in [6, 6.07) is 15.7. The molecule has 0 N–H and O–H groups in total. The van der Waals surface area contributed by atoms with Crippen molar-refractivity contribution in [3.63, 3.8) is 0 Å². The summed E-state index contributed by atoms with van der Waals surface area (Å²) in [6.45, 7) is 4.15. The van der Waals surface area contributed by atoms with Gasteiger partial charge in [0.2, 0.25) is 5.91 Å². The van der Waals surface area contributed by atoms with Gasteiger partial charge in [0.25, 0.3) is 5.91 Å². The molecule has 4 heteroatoms. The lowest BCUT2D eigenvalue weighted by molar-refractivity contribution is -0.121. The summed E-state index contributed by atoms with van der Waals surface area (Å²) in [5, 5.41) is 1.05. The van der Waals surface area contributed by atoms with Crippen LogP contribution in [0.4, 0.5) is 5.69 Å². The number of anilines is 1. The van der Waals surface area contributed by atoms with Crippen molar-refractivity contribution in [3.05, 3.63) is 65.4 Å². The van der Waals surface area contributed by atoms with Crippen molar-refractivity contribution in [1.82, 2.24) is 4.57 Å². The van der Waals surface area contributed by atoms with Crippen LogP contribution in [0, 0.1) is 6.92 Å². The normalized spacial score (nSPS) is 22.0. The molecule has 0 bridgehead atoms. The minimum atomic E-state index is -0.523. The smallest absolute Gasteiger partial charge is 0.264 e. The summed E-state index contributed by atoms with van der Waals surface area (Å²) in [6.07, 6.45) is 2.20. The van der Waals surface area contributed by atoms with Crippen molar-refractivity contribution in [1.29, 1.82) is 0 Å². The highest BCUT2D eigenvalue weighted by Crippen LogP contribution is 2.46. The van der Waals surface area contributed by atoms with Gasteiger partial charge in [0.05, 0.1) is 28.0 Å². The standard InChI is InChI=1S/C22H20N2O2/c1-14-9-10-17-15(12-14)13-19-22(2)11-5-8-20(25)24(22)18-7-4-3-6-16(18)21(26)23(17)19/h3-4,6-7,9-10,12-13H,5,8,11H2,1-2H3. The van der Waals surface area contributed by atoms with Gasteiger partial charge in [0, 0.05) is 11.8 Å². The van der Waals surface area contributed by atoms with Crippen LogP contribution in [0.1, 0.15) is 47.8 Å². The number of nitrogens with zero attached hydrogens (tertiary/aromatic N) is 2. The number of aromatic nitrogens is 1. The van der Waals surface area contributed by atoms with Crippen LogP contribution in [0.15, 0.2) is 48.5 Å². The van der Waals surface area contributed by atoms with Crippen LogP contribution >= 0.6 is 0 Å². The number of aryl methyl sites for hydroxylation is 1. The summed E-state index contributed by atoms with van der Waals surface area (Å²) < 4.78 is 1.83. The molecule has 5 rings (SSSR count). The number of amides is 1. The Balaban J connectivity index is 1.93. The topological polar surface area (TPSA) is 42.3 Å². The van der Waals surface area contributed by atoms with Gasteiger partial charge in [0.1, 0.15) is 0 Å². The maximum Gasteiger partial charge on any atom is 0.264 e. The van der Waals surface area contributed by atoms with Gasteiger partial charge in [-0.25, -0.2) is 0 Å². The highest BCUT2D eigenvalue weighted by Gasteiger charge is 2.47. The Morgan fingerprint density at radius 2 is 1.85 bits per heavy atom. The lowest BCUT2D eigenvalue weighted by Gasteiger charge is -2.44. The van der Waals surface area contributed by atoms with Crippen LogP contribution in [-0.2, 0) is 10.3 Å². The Bertz CT molecular complexity index is 1090. The summed E-state index contributed by atoms with van der Waals surface area (Å²) in [5.41, 5.74) is 3.77. The van der Waals surface area contributed by atoms with Gasteiger partial charge in [-0.3, -0.25) is 14.2 Å². The number of hydrogen-bond donors (Lipinski definition) is 0. The first-order valence-corrected chi connectivity index (χ1v) is 9.10. The zero-order valence-electron chi connectivity index (χ0n) is 15.0. The van der Waals surface area contributed by atoms with Crippen molar-refractivity contribution >= 4 is 28.4 Å². The van der Waals surface area contributed by atoms with Crippen LogP contribution < -0.4 is 4.90 Å². The molecule has 1 aromatic heterocycles. The molecule has 3 heterocycles. The summed E-state index contributed by atoms with van der Waals surface area (Å²) in [4.78, 5) is 28.3. The number of benzene rings is 2. The van der Waals surface area contributed by atoms with Gasteiger partial charge in [-0.2, -0.15) is 0 Å². The van der Waals surface area contributed by atoms with E-state index in [2.05, 4.69) is 26.0 Å². The number of para-hydroxylation sites is 1. The zero-order valence-corrected chi connectivity index (χ0v) is 15.0. The fraction of sp³-hybridized carbons (Fsp3) is 0.273. The van der Waals surface area contributed by atoms with Crippen molar-refractivity contribution in [2.45, 2.75) is 38.6 Å². The van der Waals surface area contributed by atoms with Crippen LogP contribution in [0.2, 0.25) is 0 Å². The molecule has 130 valence electrons. The lowest BCUT2D eigenvalue weighted by Crippen LogP contribution is -2.51. The van der Waals surface area contributed by atoms with E-state index in [9.17, 15) is 9.59 Å². The zero-order chi connectivity index (χ0) is 18.1. The van der Waals surface area contributed by atoms with Gasteiger partial charge >= 0.3 is 0 Å². The number of carbonyl (C=O) groups excluding carboxylic acids is 2. The molecule has 2 aromatic carbocycles. The molecule has 1 unspecified atom stereocenters. The maximum atomic E-state index is 13.5. The van der Waals surface area contributed by atoms with Gasteiger partial charge < -0.3 is 4.90 Å². The largest absolute Gasteiger partial charge is 0.300 e. The van der Waals surface area contributed by atoms with Crippen LogP contribution in [0.3, 0.4) is 0 Å². The van der Waals surface area contributed by atoms with Crippen LogP contribution in [0.5, 0.6) is 0 Å². The predicted octanol–water partition coefficient (Wildman–Crippen LogP) is 4.38. The second-order valence-electron chi connectivity index (χ2n) is 7.61. The second-order valence-corrected chi connectivity index (χ2v) is 7.61. The van der Waals surface area contributed by atoms with Crippen molar-refractivity contribution < 1.29 is 9.59 Å². The van der Waals surface area contributed by atoms with Gasteiger partial charge in [0.15, 0.2) is 0 Å². The van der Waals surface area contributed by atoms with Crippen molar-refractivity contribution in [2.75, 3.05) is 4.90 Å². The summed E-state index contributed by atoms with van der Waals surface area (Å²) >= 11 is 0. The Morgan fingerprint density at radius 3 is 2.69 bits per heavy atom. The van der Waals surface area contributed by atoms with E-state index in [1.165, 1.54) is 0 Å². The summed E-state index contributed by atoms with van der Waals surface area (Å²) in [5.74, 6) is 0.0340. The molecular weight excluding hydrogens is 324 g/mol. The van der Waals surface area contributed by atoms with E-state index < -0.39 is 5.54 Å². The molecule has 1 saturated heterocycles. The Kier molecular flexibility index (Phi) is 3.00. The van der Waals surface area contributed by atoms with E-state index in [1.807, 2.05) is 45.9 Å². The fourth-order valence-electron chi connectivity index (χ4n) is 4.65. The summed E-state index contributed by atoms with van der Waals surface area (Å²) in [7, 11) is 0. The number of piperidine rings is 1. The molecule has 26 heavy (non-hydrogen) atoms. The third kappa shape index (κ3) is 1.84. The third-order valence-corrected chi connectivity index (χ3v) is 5.88. The van der Waals surface area contributed by atoms with Crippen molar-refractivity contribution in [3.8, 4) is 0 Å². The molecule has 1 atom stereocenters. The molecule has 1 amide bonds. The quantitative estimate of drug-likeness (QED) is 0.607. The van der Waals surface area contributed by atoms with Gasteiger partial charge in [-0.1, -0.05) is 23.8 Å². The third-order valence-electron chi connectivity index (χ3n) is 5.88. The average Bonchev–Trinajstić information content (AvgIpc) is 2.97. The molecule has 2 aliphatic heterocycles. The van der Waals surface area contributed by atoms with E-state index in [4.69, 9.17) is 0 Å². The molecule has 1 fully saturated rings. The predicted molar refractivity (Wildman–Crippen MR) is 102 cm³/mol. The molecule has 4 nitrogen and oxygen atoms in total. The molecule has 2 aliphatic rings. The highest BCUT2D eigenvalue weighted by atomic mass is 16.2. The SMILES string of the molecule is Cc1ccc2c(c1)cc1n2C(=O)c2ccccc2N2C(=O)CCCC12C. The molecular formula is C22H20N2O2. The van der Waals surface area contributed by atoms with E-state index in [0.29, 0.717) is 12.0 Å².